The summed E-state index contributed by atoms with van der Waals surface area (Å²) in [6.07, 6.45) is 1.52. The number of hydrogen-bond acceptors (Lipinski definition) is 5. The van der Waals surface area contributed by atoms with Crippen LogP contribution in [0.2, 0.25) is 0 Å². The molecular formula is C15H20N4O3. The molecule has 2 aromatic heterocycles. The number of amides is 1. The van der Waals surface area contributed by atoms with Gasteiger partial charge in [-0.3, -0.25) is 4.79 Å². The molecule has 1 amide bonds. The van der Waals surface area contributed by atoms with E-state index in [1.165, 1.54) is 0 Å². The Kier molecular flexibility index (Phi) is 3.98. The Hall–Kier alpha value is -2.15. The summed E-state index contributed by atoms with van der Waals surface area (Å²) in [4.78, 5) is 21.7. The molecule has 2 aromatic rings. The predicted molar refractivity (Wildman–Crippen MR) is 78.5 cm³/mol. The number of rotatable bonds is 3. The summed E-state index contributed by atoms with van der Waals surface area (Å²) in [5.41, 5.74) is 1.76. The van der Waals surface area contributed by atoms with Gasteiger partial charge in [0.1, 0.15) is 11.9 Å². The van der Waals surface area contributed by atoms with Crippen molar-refractivity contribution in [3.05, 3.63) is 35.2 Å². The molecule has 1 N–H and O–H groups in total. The maximum Gasteiger partial charge on any atom is 0.292 e. The largest absolute Gasteiger partial charge is 0.367 e. The summed E-state index contributed by atoms with van der Waals surface area (Å²) < 4.78 is 10.9. The summed E-state index contributed by atoms with van der Waals surface area (Å²) in [7, 11) is 0. The fourth-order valence-electron chi connectivity index (χ4n) is 2.41. The monoisotopic (exact) mass is 304 g/mol. The van der Waals surface area contributed by atoms with Crippen LogP contribution in [0.4, 0.5) is 0 Å². The number of imidazole rings is 1. The van der Waals surface area contributed by atoms with Gasteiger partial charge in [0.2, 0.25) is 5.76 Å². The zero-order chi connectivity index (χ0) is 15.7. The van der Waals surface area contributed by atoms with Crippen molar-refractivity contribution in [2.75, 3.05) is 19.7 Å². The third-order valence-electron chi connectivity index (χ3n) is 3.71. The van der Waals surface area contributed by atoms with Crippen molar-refractivity contribution in [2.24, 2.45) is 0 Å². The van der Waals surface area contributed by atoms with Crippen molar-refractivity contribution < 1.29 is 14.1 Å². The fourth-order valence-corrected chi connectivity index (χ4v) is 2.41. The summed E-state index contributed by atoms with van der Waals surface area (Å²) in [5.74, 6) is 1.10. The van der Waals surface area contributed by atoms with Crippen LogP contribution in [0, 0.1) is 6.92 Å². The number of carbonyl (C=O) groups is 1. The molecule has 1 atom stereocenters. The topological polar surface area (TPSA) is 84.2 Å². The van der Waals surface area contributed by atoms with Gasteiger partial charge in [-0.2, -0.15) is 0 Å². The average molecular weight is 304 g/mol. The first-order valence-corrected chi connectivity index (χ1v) is 7.43. The second kappa shape index (κ2) is 5.92. The van der Waals surface area contributed by atoms with Gasteiger partial charge in [-0.15, -0.1) is 0 Å². The molecule has 7 heteroatoms. The van der Waals surface area contributed by atoms with E-state index in [1.807, 2.05) is 20.8 Å². The van der Waals surface area contributed by atoms with E-state index in [-0.39, 0.29) is 23.7 Å². The summed E-state index contributed by atoms with van der Waals surface area (Å²) in [5, 5.41) is 3.94. The quantitative estimate of drug-likeness (QED) is 0.938. The highest BCUT2D eigenvalue weighted by Crippen LogP contribution is 2.22. The van der Waals surface area contributed by atoms with E-state index in [0.29, 0.717) is 19.7 Å². The van der Waals surface area contributed by atoms with Crippen molar-refractivity contribution in [2.45, 2.75) is 32.8 Å². The lowest BCUT2D eigenvalue weighted by atomic mass is 10.1. The Bertz CT molecular complexity index is 661. The second-order valence-electron chi connectivity index (χ2n) is 5.83. The lowest BCUT2D eigenvalue weighted by molar-refractivity contribution is -0.0276. The minimum absolute atomic E-state index is 0.157. The highest BCUT2D eigenvalue weighted by Gasteiger charge is 2.29. The molecule has 0 aromatic carbocycles. The standard InChI is InChI=1S/C15H20N4O3/c1-9(2)11-6-12(22-18-11)15(20)19-4-5-21-13(8-19)14-16-7-10(3)17-14/h6-7,9,13H,4-5,8H2,1-3H3,(H,16,17)/t13-/m1/s1. The lowest BCUT2D eigenvalue weighted by Gasteiger charge is -2.31. The van der Waals surface area contributed by atoms with Gasteiger partial charge in [-0.25, -0.2) is 4.98 Å². The smallest absolute Gasteiger partial charge is 0.292 e. The van der Waals surface area contributed by atoms with E-state index in [0.717, 1.165) is 17.2 Å². The van der Waals surface area contributed by atoms with Crippen molar-refractivity contribution in [1.82, 2.24) is 20.0 Å². The van der Waals surface area contributed by atoms with E-state index < -0.39 is 0 Å². The molecule has 118 valence electrons. The van der Waals surface area contributed by atoms with Crippen LogP contribution in [0.1, 0.15) is 53.6 Å². The van der Waals surface area contributed by atoms with Gasteiger partial charge in [0.15, 0.2) is 0 Å². The van der Waals surface area contributed by atoms with Gasteiger partial charge in [0.25, 0.3) is 5.91 Å². The lowest BCUT2D eigenvalue weighted by Crippen LogP contribution is -2.42. The number of aromatic amines is 1. The van der Waals surface area contributed by atoms with Gasteiger partial charge in [0.05, 0.1) is 18.8 Å². The van der Waals surface area contributed by atoms with Gasteiger partial charge < -0.3 is 19.1 Å². The number of nitrogens with zero attached hydrogens (tertiary/aromatic N) is 3. The molecule has 1 saturated heterocycles. The summed E-state index contributed by atoms with van der Waals surface area (Å²) >= 11 is 0. The van der Waals surface area contributed by atoms with Crippen LogP contribution in [0.3, 0.4) is 0 Å². The van der Waals surface area contributed by atoms with Crippen molar-refractivity contribution in [3.8, 4) is 0 Å². The molecular weight excluding hydrogens is 284 g/mol. The van der Waals surface area contributed by atoms with E-state index in [2.05, 4.69) is 15.1 Å². The minimum Gasteiger partial charge on any atom is -0.367 e. The van der Waals surface area contributed by atoms with Crippen LogP contribution in [0.15, 0.2) is 16.8 Å². The molecule has 3 heterocycles. The van der Waals surface area contributed by atoms with Gasteiger partial charge in [-0.1, -0.05) is 19.0 Å². The summed E-state index contributed by atoms with van der Waals surface area (Å²) in [6.45, 7) is 7.41. The Morgan fingerprint density at radius 2 is 2.32 bits per heavy atom. The first-order chi connectivity index (χ1) is 10.5. The molecule has 0 saturated carbocycles. The second-order valence-corrected chi connectivity index (χ2v) is 5.83. The van der Waals surface area contributed by atoms with E-state index in [4.69, 9.17) is 9.26 Å². The molecule has 3 rings (SSSR count). The highest BCUT2D eigenvalue weighted by atomic mass is 16.5. The number of nitrogens with one attached hydrogen (secondary N) is 1. The van der Waals surface area contributed by atoms with Crippen LogP contribution in [0.5, 0.6) is 0 Å². The van der Waals surface area contributed by atoms with Gasteiger partial charge >= 0.3 is 0 Å². The fraction of sp³-hybridized carbons (Fsp3) is 0.533. The number of aryl methyl sites for hydroxylation is 1. The minimum atomic E-state index is -0.237. The van der Waals surface area contributed by atoms with Crippen LogP contribution in [0.25, 0.3) is 0 Å². The van der Waals surface area contributed by atoms with Crippen LogP contribution in [-0.2, 0) is 4.74 Å². The SMILES string of the molecule is Cc1cnc([C@H]2CN(C(=O)c3cc(C(C)C)no3)CCO2)[nH]1. The van der Waals surface area contributed by atoms with Crippen LogP contribution >= 0.6 is 0 Å². The molecule has 22 heavy (non-hydrogen) atoms. The third-order valence-corrected chi connectivity index (χ3v) is 3.71. The third kappa shape index (κ3) is 2.89. The molecule has 1 aliphatic heterocycles. The predicted octanol–water partition coefficient (Wildman–Crippen LogP) is 2.04. The van der Waals surface area contributed by atoms with E-state index in [1.54, 1.807) is 17.2 Å². The molecule has 0 aliphatic carbocycles. The summed E-state index contributed by atoms with van der Waals surface area (Å²) in [6, 6.07) is 1.72. The molecule has 7 nitrogen and oxygen atoms in total. The van der Waals surface area contributed by atoms with Gasteiger partial charge in [-0.05, 0) is 12.8 Å². The Morgan fingerprint density at radius 1 is 1.50 bits per heavy atom. The number of aromatic nitrogens is 3. The Labute approximate surface area is 128 Å². The zero-order valence-electron chi connectivity index (χ0n) is 13.0. The van der Waals surface area contributed by atoms with E-state index >= 15 is 0 Å². The van der Waals surface area contributed by atoms with Gasteiger partial charge in [0, 0.05) is 24.5 Å². The number of ether oxygens (including phenoxy) is 1. The molecule has 0 radical (unpaired) electrons. The van der Waals surface area contributed by atoms with Crippen molar-refractivity contribution in [3.63, 3.8) is 0 Å². The number of morpholine rings is 1. The maximum absolute atomic E-state index is 12.5. The molecule has 1 fully saturated rings. The van der Waals surface area contributed by atoms with Crippen molar-refractivity contribution in [1.29, 1.82) is 0 Å². The number of H-pyrrole nitrogens is 1. The molecule has 0 spiro atoms. The maximum atomic E-state index is 12.5. The zero-order valence-corrected chi connectivity index (χ0v) is 13.0. The Balaban J connectivity index is 1.72. The van der Waals surface area contributed by atoms with Crippen molar-refractivity contribution >= 4 is 5.91 Å². The number of carbonyl (C=O) groups excluding carboxylic acids is 1. The highest BCUT2D eigenvalue weighted by molar-refractivity contribution is 5.91. The normalized spacial score (nSPS) is 18.9. The first-order valence-electron chi connectivity index (χ1n) is 7.43. The molecule has 1 aliphatic rings. The Morgan fingerprint density at radius 3 is 2.95 bits per heavy atom. The molecule has 0 bridgehead atoms. The van der Waals surface area contributed by atoms with E-state index in [9.17, 15) is 4.79 Å². The molecule has 0 unspecified atom stereocenters. The van der Waals surface area contributed by atoms with Crippen LogP contribution in [-0.4, -0.2) is 45.6 Å². The average Bonchev–Trinajstić information content (AvgIpc) is 3.15. The van der Waals surface area contributed by atoms with Crippen LogP contribution < -0.4 is 0 Å². The number of hydrogen-bond donors (Lipinski definition) is 1. The first kappa shape index (κ1) is 14.8.